The van der Waals surface area contributed by atoms with Crippen LogP contribution in [-0.4, -0.2) is 31.4 Å². The maximum absolute atomic E-state index is 12.8. The van der Waals surface area contributed by atoms with Gasteiger partial charge in [-0.2, -0.15) is 8.42 Å². The molecule has 0 spiro atoms. The molecule has 0 aliphatic rings. The predicted octanol–water partition coefficient (Wildman–Crippen LogP) is 5.13. The van der Waals surface area contributed by atoms with E-state index in [1.165, 1.54) is 6.07 Å². The van der Waals surface area contributed by atoms with Crippen molar-refractivity contribution in [1.29, 1.82) is 0 Å². The quantitative estimate of drug-likeness (QED) is 0.563. The highest BCUT2D eigenvalue weighted by atomic mass is 35.5. The van der Waals surface area contributed by atoms with E-state index in [9.17, 15) is 13.2 Å². The third kappa shape index (κ3) is 6.12. The van der Waals surface area contributed by atoms with Gasteiger partial charge in [-0.1, -0.05) is 42.8 Å². The number of carbonyl (C=O) groups excluding carboxylic acids is 1. The van der Waals surface area contributed by atoms with Gasteiger partial charge in [-0.3, -0.25) is 0 Å². The van der Waals surface area contributed by atoms with Crippen LogP contribution >= 0.6 is 11.6 Å². The average molecular weight is 453 g/mol. The molecule has 0 saturated heterocycles. The van der Waals surface area contributed by atoms with E-state index in [-0.39, 0.29) is 33.8 Å². The Balaban J connectivity index is 2.27. The molecule has 0 bridgehead atoms. The second-order valence-corrected chi connectivity index (χ2v) is 9.45. The Kier molecular flexibility index (Phi) is 8.15. The number of nitrogens with one attached hydrogen (secondary N) is 1. The van der Waals surface area contributed by atoms with Crippen LogP contribution in [0.25, 0.3) is 0 Å². The molecule has 6 nitrogen and oxygen atoms in total. The van der Waals surface area contributed by atoms with E-state index in [1.54, 1.807) is 42.2 Å². The lowest BCUT2D eigenvalue weighted by atomic mass is 10.1. The summed E-state index contributed by atoms with van der Waals surface area (Å²) in [5.41, 5.74) is 1.27. The molecule has 1 atom stereocenters. The minimum absolute atomic E-state index is 0.0164. The SMILES string of the molecule is CC[C@@H](C)N(Cc1cccc(OS(=O)(=O)c2c(C)cccc2Cl)c1)C(=O)NC(C)C. The lowest BCUT2D eigenvalue weighted by Crippen LogP contribution is -2.46. The molecule has 2 amide bonds. The molecular weight excluding hydrogens is 424 g/mol. The molecule has 0 radical (unpaired) electrons. The highest BCUT2D eigenvalue weighted by molar-refractivity contribution is 7.87. The van der Waals surface area contributed by atoms with E-state index in [1.807, 2.05) is 33.8 Å². The predicted molar refractivity (Wildman–Crippen MR) is 119 cm³/mol. The molecule has 0 fully saturated rings. The fourth-order valence-corrected chi connectivity index (χ4v) is 4.69. The van der Waals surface area contributed by atoms with Crippen molar-refractivity contribution >= 4 is 27.8 Å². The van der Waals surface area contributed by atoms with Crippen LogP contribution in [0.5, 0.6) is 5.75 Å². The van der Waals surface area contributed by atoms with E-state index in [2.05, 4.69) is 5.32 Å². The maximum Gasteiger partial charge on any atom is 0.340 e. The summed E-state index contributed by atoms with van der Waals surface area (Å²) in [7, 11) is -4.10. The van der Waals surface area contributed by atoms with Gasteiger partial charge in [0, 0.05) is 18.6 Å². The van der Waals surface area contributed by atoms with E-state index >= 15 is 0 Å². The number of urea groups is 1. The number of amides is 2. The standard InChI is InChI=1S/C22H29ClN2O4S/c1-6-17(5)25(22(26)24-15(2)3)14-18-10-8-11-19(13-18)29-30(27,28)21-16(4)9-7-12-20(21)23/h7-13,15,17H,6,14H2,1-5H3,(H,24,26)/t17-/m1/s1. The number of nitrogens with zero attached hydrogens (tertiary/aromatic N) is 1. The van der Waals surface area contributed by atoms with E-state index in [0.717, 1.165) is 12.0 Å². The molecule has 2 aromatic carbocycles. The molecule has 2 rings (SSSR count). The number of hydrogen-bond acceptors (Lipinski definition) is 4. The Labute approximate surface area is 184 Å². The maximum atomic E-state index is 12.8. The Hall–Kier alpha value is -2.25. The molecule has 0 aliphatic carbocycles. The van der Waals surface area contributed by atoms with Gasteiger partial charge in [0.2, 0.25) is 0 Å². The molecule has 0 heterocycles. The van der Waals surface area contributed by atoms with Crippen molar-refractivity contribution in [1.82, 2.24) is 10.2 Å². The van der Waals surface area contributed by atoms with Crippen LogP contribution in [0.1, 0.15) is 45.2 Å². The first-order valence-electron chi connectivity index (χ1n) is 9.90. The zero-order valence-electron chi connectivity index (χ0n) is 18.0. The van der Waals surface area contributed by atoms with Crippen LogP contribution in [-0.2, 0) is 16.7 Å². The Morgan fingerprint density at radius 3 is 2.43 bits per heavy atom. The largest absolute Gasteiger partial charge is 0.379 e. The molecule has 2 aromatic rings. The van der Waals surface area contributed by atoms with Gasteiger partial charge in [0.1, 0.15) is 10.6 Å². The third-order valence-corrected chi connectivity index (χ3v) is 6.55. The monoisotopic (exact) mass is 452 g/mol. The first kappa shape index (κ1) is 24.0. The summed E-state index contributed by atoms with van der Waals surface area (Å²) < 4.78 is 30.9. The molecule has 8 heteroatoms. The summed E-state index contributed by atoms with van der Waals surface area (Å²) in [6, 6.07) is 11.5. The molecular formula is C22H29ClN2O4S. The molecule has 0 aromatic heterocycles. The Morgan fingerprint density at radius 2 is 1.83 bits per heavy atom. The van der Waals surface area contributed by atoms with Crippen molar-refractivity contribution in [3.8, 4) is 5.75 Å². The van der Waals surface area contributed by atoms with Gasteiger partial charge < -0.3 is 14.4 Å². The van der Waals surface area contributed by atoms with Gasteiger partial charge >= 0.3 is 16.1 Å². The minimum atomic E-state index is -4.10. The second-order valence-electron chi connectivity index (χ2n) is 7.56. The fraction of sp³-hybridized carbons (Fsp3) is 0.409. The van der Waals surface area contributed by atoms with Gasteiger partial charge in [-0.25, -0.2) is 4.79 Å². The van der Waals surface area contributed by atoms with Gasteiger partial charge in [0.05, 0.1) is 5.02 Å². The van der Waals surface area contributed by atoms with Crippen molar-refractivity contribution in [2.24, 2.45) is 0 Å². The number of carbonyl (C=O) groups is 1. The van der Waals surface area contributed by atoms with Crippen LogP contribution in [0, 0.1) is 6.92 Å². The van der Waals surface area contributed by atoms with Gasteiger partial charge in [0.15, 0.2) is 0 Å². The summed E-state index contributed by atoms with van der Waals surface area (Å²) in [5.74, 6) is 0.167. The fourth-order valence-electron chi connectivity index (χ4n) is 2.97. The summed E-state index contributed by atoms with van der Waals surface area (Å²) >= 11 is 6.10. The van der Waals surface area contributed by atoms with Crippen LogP contribution in [0.3, 0.4) is 0 Å². The topological polar surface area (TPSA) is 75.7 Å². The van der Waals surface area contributed by atoms with Crippen LogP contribution in [0.15, 0.2) is 47.4 Å². The summed E-state index contributed by atoms with van der Waals surface area (Å²) in [4.78, 5) is 14.3. The summed E-state index contributed by atoms with van der Waals surface area (Å²) in [6.45, 7) is 9.79. The van der Waals surface area contributed by atoms with E-state index < -0.39 is 10.1 Å². The molecule has 1 N–H and O–H groups in total. The molecule has 0 unspecified atom stereocenters. The number of rotatable bonds is 8. The average Bonchev–Trinajstić information content (AvgIpc) is 2.64. The van der Waals surface area contributed by atoms with Gasteiger partial charge in [0.25, 0.3) is 0 Å². The second kappa shape index (κ2) is 10.2. The highest BCUT2D eigenvalue weighted by Crippen LogP contribution is 2.28. The Morgan fingerprint density at radius 1 is 1.17 bits per heavy atom. The third-order valence-electron chi connectivity index (χ3n) is 4.67. The summed E-state index contributed by atoms with van der Waals surface area (Å²) in [6.07, 6.45) is 0.794. The van der Waals surface area contributed by atoms with Crippen LogP contribution < -0.4 is 9.50 Å². The zero-order chi connectivity index (χ0) is 22.5. The minimum Gasteiger partial charge on any atom is -0.379 e. The van der Waals surface area contributed by atoms with Crippen molar-refractivity contribution in [3.63, 3.8) is 0 Å². The van der Waals surface area contributed by atoms with Crippen molar-refractivity contribution in [3.05, 3.63) is 58.6 Å². The Bertz CT molecular complexity index is 972. The zero-order valence-corrected chi connectivity index (χ0v) is 19.5. The van der Waals surface area contributed by atoms with Crippen molar-refractivity contribution in [2.75, 3.05) is 0 Å². The number of benzene rings is 2. The van der Waals surface area contributed by atoms with Crippen LogP contribution in [0.2, 0.25) is 5.02 Å². The molecule has 30 heavy (non-hydrogen) atoms. The van der Waals surface area contributed by atoms with E-state index in [4.69, 9.17) is 15.8 Å². The first-order chi connectivity index (χ1) is 14.0. The smallest absolute Gasteiger partial charge is 0.340 e. The van der Waals surface area contributed by atoms with Gasteiger partial charge in [-0.05, 0) is 63.4 Å². The number of halogens is 1. The van der Waals surface area contributed by atoms with Crippen LogP contribution in [0.4, 0.5) is 4.79 Å². The summed E-state index contributed by atoms with van der Waals surface area (Å²) in [5, 5.41) is 3.02. The highest BCUT2D eigenvalue weighted by Gasteiger charge is 2.24. The first-order valence-corrected chi connectivity index (χ1v) is 11.7. The molecule has 164 valence electrons. The van der Waals surface area contributed by atoms with E-state index in [0.29, 0.717) is 12.1 Å². The number of hydrogen-bond donors (Lipinski definition) is 1. The van der Waals surface area contributed by atoms with Crippen molar-refractivity contribution in [2.45, 2.75) is 64.6 Å². The van der Waals surface area contributed by atoms with Gasteiger partial charge in [-0.15, -0.1) is 0 Å². The lowest BCUT2D eigenvalue weighted by molar-refractivity contribution is 0.171. The van der Waals surface area contributed by atoms with Crippen molar-refractivity contribution < 1.29 is 17.4 Å². The molecule has 0 saturated carbocycles. The molecule has 0 aliphatic heterocycles. The lowest BCUT2D eigenvalue weighted by Gasteiger charge is -2.30. The number of aryl methyl sites for hydroxylation is 1. The normalized spacial score (nSPS) is 12.5.